The molecule has 0 spiro atoms. The number of hydrogen-bond acceptors (Lipinski definition) is 5. The Kier molecular flexibility index (Phi) is 7.87. The lowest BCUT2D eigenvalue weighted by Gasteiger charge is -2.40. The molecule has 1 atom stereocenters. The van der Waals surface area contributed by atoms with Crippen molar-refractivity contribution in [3.8, 4) is 0 Å². The highest BCUT2D eigenvalue weighted by Crippen LogP contribution is 2.87. The highest BCUT2D eigenvalue weighted by Gasteiger charge is 2.78. The lowest BCUT2D eigenvalue weighted by molar-refractivity contribution is 0.278. The Morgan fingerprint density at radius 2 is 0.960 bits per heavy atom. The van der Waals surface area contributed by atoms with Crippen LogP contribution in [0.1, 0.15) is 12.8 Å². The van der Waals surface area contributed by atoms with Gasteiger partial charge in [-0.05, 0) is 12.8 Å². The first-order valence-electron chi connectivity index (χ1n) is 5.86. The molecule has 0 aliphatic rings. The molecule has 20 heteroatoms. The van der Waals surface area contributed by atoms with Gasteiger partial charge in [0.05, 0.1) is 0 Å². The molecule has 0 aliphatic heterocycles. The van der Waals surface area contributed by atoms with Crippen LogP contribution in [0.3, 0.4) is 0 Å². The van der Waals surface area contributed by atoms with Gasteiger partial charge in [-0.25, -0.2) is 0 Å². The van der Waals surface area contributed by atoms with Crippen LogP contribution in [0.5, 0.6) is 0 Å². The first-order valence-corrected chi connectivity index (χ1v) is 14.2. The first kappa shape index (κ1) is 25.8. The lowest BCUT2D eigenvalue weighted by atomic mass is 10.2. The largest absolute Gasteiger partial charge is 0.357 e. The van der Waals surface area contributed by atoms with Gasteiger partial charge in [-0.3, -0.25) is 22.8 Å². The van der Waals surface area contributed by atoms with Crippen molar-refractivity contribution < 1.29 is 71.8 Å². The van der Waals surface area contributed by atoms with E-state index in [1.165, 1.54) is 0 Å². The smallest absolute Gasteiger partial charge is 0.324 e. The quantitative estimate of drug-likeness (QED) is 0.174. The molecule has 0 bridgehead atoms. The predicted octanol–water partition coefficient (Wildman–Crippen LogP) is -1.32. The van der Waals surface area contributed by atoms with Crippen LogP contribution in [0.2, 0.25) is 0 Å². The summed E-state index contributed by atoms with van der Waals surface area (Å²) in [6, 6.07) is 0. The summed E-state index contributed by atoms with van der Waals surface area (Å²) in [5.74, 6) is 0. The second kappa shape index (κ2) is 7.64. The zero-order chi connectivity index (χ0) is 20.7. The van der Waals surface area contributed by atoms with E-state index in [0.29, 0.717) is 0 Å². The maximum atomic E-state index is 11.6. The van der Waals surface area contributed by atoms with E-state index < -0.39 is 67.3 Å². The molecule has 0 aromatic heterocycles. The highest BCUT2D eigenvalue weighted by atomic mass is 31.3. The Balaban J connectivity index is 6.66. The molecule has 0 saturated heterocycles. The molecule has 0 amide bonds. The summed E-state index contributed by atoms with van der Waals surface area (Å²) in [6.45, 7) is 0. The normalized spacial score (nSPS) is 16.7. The summed E-state index contributed by atoms with van der Waals surface area (Å²) in [5, 5.41) is 0. The van der Waals surface area contributed by atoms with Gasteiger partial charge in [-0.1, -0.05) is 0 Å². The van der Waals surface area contributed by atoms with Gasteiger partial charge in [0.25, 0.3) is 4.64 Å². The second-order valence-corrected chi connectivity index (χ2v) is 15.0. The first-order chi connectivity index (χ1) is 10.6. The van der Waals surface area contributed by atoms with Crippen LogP contribution in [0.15, 0.2) is 0 Å². The Labute approximate surface area is 139 Å². The van der Waals surface area contributed by atoms with E-state index in [1.54, 1.807) is 0 Å². The highest BCUT2D eigenvalue weighted by molar-refractivity contribution is 7.90. The fraction of sp³-hybridized carbons (Fsp3) is 1.00. The summed E-state index contributed by atoms with van der Waals surface area (Å²) >= 11 is 0. The van der Waals surface area contributed by atoms with Crippen LogP contribution in [0.4, 0.5) is 0 Å². The topological polar surface area (TPSA) is 288 Å². The maximum absolute atomic E-state index is 11.6. The summed E-state index contributed by atoms with van der Waals surface area (Å²) in [6.07, 6.45) is -3.48. The van der Waals surface area contributed by atoms with E-state index in [0.717, 1.165) is 0 Å². The maximum Gasteiger partial charge on any atom is 0.357 e. The van der Waals surface area contributed by atoms with Gasteiger partial charge in [0.2, 0.25) is 0 Å². The van der Waals surface area contributed by atoms with Gasteiger partial charge in [-0.15, -0.1) is 0 Å². The fourth-order valence-corrected chi connectivity index (χ4v) is 12.1. The van der Waals surface area contributed by atoms with Crippen molar-refractivity contribution in [2.75, 3.05) is 6.16 Å². The molecule has 1 unspecified atom stereocenters. The molecule has 15 nitrogen and oxygen atoms in total. The standard InChI is InChI=1S/C5H17O15P5/c6-21(7,8)3-1-2-4(22(9,10)11)5(23(12,13)14,24(15,16)17)25(18,19)20/h4H,1-3H2,(H2,6,7,8)(H2,9,10,11)(H2,12,13,14)(H2,15,16,17)(H2,18,19,20). The van der Waals surface area contributed by atoms with E-state index in [1.807, 2.05) is 0 Å². The van der Waals surface area contributed by atoms with Crippen molar-refractivity contribution in [3.05, 3.63) is 0 Å². The molecular formula is C5H17O15P5. The molecule has 10 N–H and O–H groups in total. The molecule has 0 aromatic carbocycles. The predicted molar refractivity (Wildman–Crippen MR) is 80.8 cm³/mol. The fourth-order valence-electron chi connectivity index (χ4n) is 2.17. The van der Waals surface area contributed by atoms with E-state index in [-0.39, 0.29) is 0 Å². The monoisotopic (exact) mass is 472 g/mol. The van der Waals surface area contributed by atoms with Gasteiger partial charge < -0.3 is 48.9 Å². The minimum Gasteiger partial charge on any atom is -0.324 e. The van der Waals surface area contributed by atoms with Crippen LogP contribution in [0.25, 0.3) is 0 Å². The molecular weight excluding hydrogens is 455 g/mol. The van der Waals surface area contributed by atoms with E-state index in [2.05, 4.69) is 0 Å². The van der Waals surface area contributed by atoms with Gasteiger partial charge in [-0.2, -0.15) is 0 Å². The van der Waals surface area contributed by atoms with Crippen molar-refractivity contribution in [2.45, 2.75) is 23.1 Å². The molecule has 0 radical (unpaired) electrons. The SMILES string of the molecule is O=P(O)(O)CCCC(C(P(=O)(O)O)(P(=O)(O)O)P(=O)(O)O)P(=O)(O)O. The third-order valence-electron chi connectivity index (χ3n) is 3.07. The molecule has 0 rings (SSSR count). The third kappa shape index (κ3) is 5.86. The van der Waals surface area contributed by atoms with Crippen molar-refractivity contribution in [3.63, 3.8) is 0 Å². The minimum atomic E-state index is -6.60. The van der Waals surface area contributed by atoms with E-state index in [4.69, 9.17) is 9.79 Å². The lowest BCUT2D eigenvalue weighted by Crippen LogP contribution is -2.42. The van der Waals surface area contributed by atoms with E-state index in [9.17, 15) is 62.0 Å². The zero-order valence-electron chi connectivity index (χ0n) is 11.9. The van der Waals surface area contributed by atoms with Gasteiger partial charge in [0.15, 0.2) is 0 Å². The second-order valence-electron chi connectivity index (χ2n) is 4.95. The van der Waals surface area contributed by atoms with Crippen molar-refractivity contribution in [2.24, 2.45) is 0 Å². The Morgan fingerprint density at radius 1 is 0.640 bits per heavy atom. The third-order valence-corrected chi connectivity index (χ3v) is 14.2. The van der Waals surface area contributed by atoms with Crippen LogP contribution >= 0.6 is 38.0 Å². The molecule has 25 heavy (non-hydrogen) atoms. The molecule has 0 fully saturated rings. The minimum absolute atomic E-state index is 0.957. The Morgan fingerprint density at radius 3 is 1.16 bits per heavy atom. The zero-order valence-corrected chi connectivity index (χ0v) is 16.4. The molecule has 152 valence electrons. The van der Waals surface area contributed by atoms with Gasteiger partial charge in [0, 0.05) is 6.16 Å². The summed E-state index contributed by atoms with van der Waals surface area (Å²) in [5.41, 5.74) is -3.28. The summed E-state index contributed by atoms with van der Waals surface area (Å²) < 4.78 is 52.3. The Bertz CT molecular complexity index is 656. The van der Waals surface area contributed by atoms with Crippen LogP contribution in [-0.4, -0.2) is 65.4 Å². The van der Waals surface area contributed by atoms with Crippen LogP contribution in [0, 0.1) is 0 Å². The number of rotatable bonds is 9. The summed E-state index contributed by atoms with van der Waals surface area (Å²) in [7, 11) is -30.6. The van der Waals surface area contributed by atoms with Gasteiger partial charge >= 0.3 is 38.0 Å². The number of hydrogen-bond donors (Lipinski definition) is 10. The molecule has 0 heterocycles. The molecule has 0 aromatic rings. The van der Waals surface area contributed by atoms with Crippen molar-refractivity contribution in [1.82, 2.24) is 0 Å². The molecule has 0 aliphatic carbocycles. The van der Waals surface area contributed by atoms with Crippen molar-refractivity contribution >= 4 is 38.0 Å². The van der Waals surface area contributed by atoms with Crippen LogP contribution < -0.4 is 0 Å². The van der Waals surface area contributed by atoms with Crippen LogP contribution in [-0.2, 0) is 22.8 Å². The average molecular weight is 472 g/mol. The molecule has 0 saturated carbocycles. The summed E-state index contributed by atoms with van der Waals surface area (Å²) in [4.78, 5) is 91.1. The Hall–Kier alpha value is 0.750. The average Bonchev–Trinajstić information content (AvgIpc) is 2.18. The van der Waals surface area contributed by atoms with E-state index >= 15 is 0 Å². The van der Waals surface area contributed by atoms with Crippen molar-refractivity contribution in [1.29, 1.82) is 0 Å². The van der Waals surface area contributed by atoms with Gasteiger partial charge in [0.1, 0.15) is 5.66 Å².